The van der Waals surface area contributed by atoms with Crippen molar-refractivity contribution >= 4 is 24.4 Å². The maximum Gasteiger partial charge on any atom is 0.349 e. The molecule has 0 heterocycles. The molecule has 12 heavy (non-hydrogen) atoms. The molecule has 5 heteroatoms. The summed E-state index contributed by atoms with van der Waals surface area (Å²) < 4.78 is 4.74. The van der Waals surface area contributed by atoms with Crippen molar-refractivity contribution in [3.05, 3.63) is 0 Å². The number of esters is 1. The SMILES string of the molecule is C=N[C@@](N)(CSC)C(=O)OCC. The Hall–Kier alpha value is -0.550. The number of ether oxygens (including phenoxy) is 1. The highest BCUT2D eigenvalue weighted by atomic mass is 32.2. The molecular weight excluding hydrogens is 176 g/mol. The van der Waals surface area contributed by atoms with Crippen molar-refractivity contribution in [2.24, 2.45) is 10.7 Å². The van der Waals surface area contributed by atoms with E-state index >= 15 is 0 Å². The topological polar surface area (TPSA) is 64.7 Å². The van der Waals surface area contributed by atoms with Crippen molar-refractivity contribution in [1.29, 1.82) is 0 Å². The summed E-state index contributed by atoms with van der Waals surface area (Å²) in [7, 11) is 0. The lowest BCUT2D eigenvalue weighted by Crippen LogP contribution is -2.49. The third-order valence-electron chi connectivity index (χ3n) is 1.28. The first-order valence-corrected chi connectivity index (χ1v) is 4.93. The Labute approximate surface area is 76.6 Å². The van der Waals surface area contributed by atoms with Crippen LogP contribution in [0.15, 0.2) is 4.99 Å². The van der Waals surface area contributed by atoms with Gasteiger partial charge in [-0.25, -0.2) is 4.79 Å². The summed E-state index contributed by atoms with van der Waals surface area (Å²) in [6.45, 7) is 5.30. The first-order chi connectivity index (χ1) is 5.60. The van der Waals surface area contributed by atoms with Gasteiger partial charge in [-0.3, -0.25) is 10.7 Å². The lowest BCUT2D eigenvalue weighted by atomic mass is 10.2. The lowest BCUT2D eigenvalue weighted by Gasteiger charge is -2.20. The molecule has 0 aliphatic rings. The Morgan fingerprint density at radius 2 is 2.42 bits per heavy atom. The normalized spacial score (nSPS) is 14.9. The summed E-state index contributed by atoms with van der Waals surface area (Å²) in [5, 5.41) is 0. The molecule has 0 saturated carbocycles. The first-order valence-electron chi connectivity index (χ1n) is 3.53. The van der Waals surface area contributed by atoms with Gasteiger partial charge in [0, 0.05) is 5.75 Å². The van der Waals surface area contributed by atoms with Crippen molar-refractivity contribution in [2.45, 2.75) is 12.6 Å². The van der Waals surface area contributed by atoms with Crippen LogP contribution in [-0.4, -0.2) is 37.0 Å². The average Bonchev–Trinajstić information content (AvgIpc) is 2.05. The number of carbonyl (C=O) groups excluding carboxylic acids is 1. The van der Waals surface area contributed by atoms with Gasteiger partial charge < -0.3 is 4.74 Å². The van der Waals surface area contributed by atoms with Crippen LogP contribution in [0.4, 0.5) is 0 Å². The number of rotatable bonds is 5. The smallest absolute Gasteiger partial charge is 0.349 e. The van der Waals surface area contributed by atoms with Crippen molar-refractivity contribution < 1.29 is 9.53 Å². The van der Waals surface area contributed by atoms with Gasteiger partial charge in [0.15, 0.2) is 0 Å². The largest absolute Gasteiger partial charge is 0.463 e. The second-order valence-electron chi connectivity index (χ2n) is 2.24. The highest BCUT2D eigenvalue weighted by Crippen LogP contribution is 2.11. The fourth-order valence-electron chi connectivity index (χ4n) is 0.645. The standard InChI is InChI=1S/C7H14N2O2S/c1-4-11-6(10)7(8,9-2)5-12-3/h2,4-5,8H2,1,3H3/t7-/m0/s1. The summed E-state index contributed by atoms with van der Waals surface area (Å²) in [5.74, 6) is -0.135. The molecule has 70 valence electrons. The van der Waals surface area contributed by atoms with Crippen LogP contribution < -0.4 is 5.73 Å². The summed E-state index contributed by atoms with van der Waals surface area (Å²) in [4.78, 5) is 14.8. The molecule has 4 nitrogen and oxygen atoms in total. The van der Waals surface area contributed by atoms with E-state index in [9.17, 15) is 4.79 Å². The maximum atomic E-state index is 11.2. The van der Waals surface area contributed by atoms with Gasteiger partial charge in [0.1, 0.15) is 0 Å². The van der Waals surface area contributed by atoms with Crippen LogP contribution >= 0.6 is 11.8 Å². The van der Waals surface area contributed by atoms with Gasteiger partial charge >= 0.3 is 5.97 Å². The number of hydrogen-bond donors (Lipinski definition) is 1. The Morgan fingerprint density at radius 1 is 1.83 bits per heavy atom. The zero-order valence-corrected chi connectivity index (χ0v) is 8.19. The second kappa shape index (κ2) is 5.16. The monoisotopic (exact) mass is 190 g/mol. The van der Waals surface area contributed by atoms with Crippen molar-refractivity contribution in [2.75, 3.05) is 18.6 Å². The summed E-state index contributed by atoms with van der Waals surface area (Å²) >= 11 is 1.43. The molecule has 0 rings (SSSR count). The zero-order valence-electron chi connectivity index (χ0n) is 7.37. The lowest BCUT2D eigenvalue weighted by molar-refractivity contribution is -0.148. The van der Waals surface area contributed by atoms with Crippen molar-refractivity contribution in [1.82, 2.24) is 0 Å². The zero-order chi connectivity index (χ0) is 9.61. The number of thioether (sulfide) groups is 1. The van der Waals surface area contributed by atoms with E-state index in [4.69, 9.17) is 10.5 Å². The average molecular weight is 190 g/mol. The van der Waals surface area contributed by atoms with Gasteiger partial charge in [-0.05, 0) is 19.9 Å². The second-order valence-corrected chi connectivity index (χ2v) is 3.10. The van der Waals surface area contributed by atoms with Crippen LogP contribution in [0.5, 0.6) is 0 Å². The fourth-order valence-corrected chi connectivity index (χ4v) is 1.29. The predicted octanol–water partition coefficient (Wildman–Crippen LogP) is 0.268. The van der Waals surface area contributed by atoms with E-state index in [0.29, 0.717) is 12.4 Å². The molecule has 0 radical (unpaired) electrons. The number of hydrogen-bond acceptors (Lipinski definition) is 5. The Bertz CT molecular complexity index is 175. The van der Waals surface area contributed by atoms with E-state index in [1.54, 1.807) is 6.92 Å². The highest BCUT2D eigenvalue weighted by Gasteiger charge is 2.33. The number of aliphatic imine (C=N–C) groups is 1. The molecule has 0 unspecified atom stereocenters. The molecule has 0 aromatic rings. The van der Waals surface area contributed by atoms with E-state index < -0.39 is 11.6 Å². The minimum atomic E-state index is -1.28. The van der Waals surface area contributed by atoms with Gasteiger partial charge in [-0.15, -0.1) is 0 Å². The van der Waals surface area contributed by atoms with Crippen LogP contribution in [0.25, 0.3) is 0 Å². The molecule has 0 spiro atoms. The molecule has 2 N–H and O–H groups in total. The Morgan fingerprint density at radius 3 is 2.75 bits per heavy atom. The van der Waals surface area contributed by atoms with E-state index in [0.717, 1.165) is 0 Å². The molecule has 0 fully saturated rings. The molecule has 0 aromatic carbocycles. The quantitative estimate of drug-likeness (QED) is 0.499. The van der Waals surface area contributed by atoms with E-state index in [-0.39, 0.29) is 0 Å². The molecule has 0 aliphatic heterocycles. The van der Waals surface area contributed by atoms with Crippen molar-refractivity contribution in [3.63, 3.8) is 0 Å². The number of nitrogens with zero attached hydrogens (tertiary/aromatic N) is 1. The van der Waals surface area contributed by atoms with Crippen LogP contribution in [0.2, 0.25) is 0 Å². The van der Waals surface area contributed by atoms with Gasteiger partial charge in [0.25, 0.3) is 0 Å². The Kier molecular flexibility index (Phi) is 4.92. The predicted molar refractivity (Wildman–Crippen MR) is 51.5 cm³/mol. The summed E-state index contributed by atoms with van der Waals surface area (Å²) in [5.41, 5.74) is 4.33. The summed E-state index contributed by atoms with van der Waals surface area (Å²) in [6, 6.07) is 0. The van der Waals surface area contributed by atoms with Crippen LogP contribution in [0.3, 0.4) is 0 Å². The number of nitrogens with two attached hydrogens (primary N) is 1. The summed E-state index contributed by atoms with van der Waals surface area (Å²) in [6.07, 6.45) is 1.84. The molecule has 0 amide bonds. The minimum Gasteiger partial charge on any atom is -0.463 e. The van der Waals surface area contributed by atoms with Gasteiger partial charge in [0.2, 0.25) is 5.66 Å². The molecule has 0 aromatic heterocycles. The number of carbonyl (C=O) groups is 1. The first kappa shape index (κ1) is 11.4. The van der Waals surface area contributed by atoms with Crippen molar-refractivity contribution in [3.8, 4) is 0 Å². The highest BCUT2D eigenvalue weighted by molar-refractivity contribution is 7.98. The maximum absolute atomic E-state index is 11.2. The van der Waals surface area contributed by atoms with Gasteiger partial charge in [-0.2, -0.15) is 11.8 Å². The van der Waals surface area contributed by atoms with Crippen LogP contribution in [0.1, 0.15) is 6.92 Å². The molecule has 1 atom stereocenters. The van der Waals surface area contributed by atoms with Gasteiger partial charge in [0.05, 0.1) is 6.61 Å². The van der Waals surface area contributed by atoms with E-state index in [1.807, 2.05) is 6.26 Å². The minimum absolute atomic E-state index is 0.307. The van der Waals surface area contributed by atoms with Crippen LogP contribution in [0, 0.1) is 0 Å². The third-order valence-corrected chi connectivity index (χ3v) is 2.00. The Balaban J connectivity index is 4.28. The third kappa shape index (κ3) is 2.83. The molecule has 0 saturated heterocycles. The fraction of sp³-hybridized carbons (Fsp3) is 0.714. The van der Waals surface area contributed by atoms with Crippen LogP contribution in [-0.2, 0) is 9.53 Å². The molecule has 0 aliphatic carbocycles. The molecule has 0 bridgehead atoms. The van der Waals surface area contributed by atoms with E-state index in [1.165, 1.54) is 11.8 Å². The van der Waals surface area contributed by atoms with E-state index in [2.05, 4.69) is 11.7 Å². The molecular formula is C7H14N2O2S. The van der Waals surface area contributed by atoms with Gasteiger partial charge in [-0.1, -0.05) is 0 Å².